The number of ether oxygens (including phenoxy) is 4. The molecule has 28 heavy (non-hydrogen) atoms. The molecule has 10 atom stereocenters. The summed E-state index contributed by atoms with van der Waals surface area (Å²) in [5, 5.41) is 60.6. The van der Waals surface area contributed by atoms with Crippen LogP contribution in [0.4, 0.5) is 0 Å². The molecule has 0 bridgehead atoms. The largest absolute Gasteiger partial charge is 0.472 e. The number of rotatable bonds is 4. The summed E-state index contributed by atoms with van der Waals surface area (Å²) >= 11 is 0. The first-order valence-corrected chi connectivity index (χ1v) is 8.92. The summed E-state index contributed by atoms with van der Waals surface area (Å²) in [5.74, 6) is -1.74. The highest BCUT2D eigenvalue weighted by molar-refractivity contribution is 5.66. The first kappa shape index (κ1) is 21.4. The van der Waals surface area contributed by atoms with Crippen LogP contribution in [0.1, 0.15) is 20.3 Å². The number of esters is 1. The van der Waals surface area contributed by atoms with Gasteiger partial charge >= 0.3 is 5.97 Å². The molecule has 1 unspecified atom stereocenters. The van der Waals surface area contributed by atoms with Gasteiger partial charge in [-0.25, -0.2) is 0 Å². The van der Waals surface area contributed by atoms with Crippen LogP contribution in [-0.2, 0) is 23.7 Å². The lowest BCUT2D eigenvalue weighted by atomic mass is 9.81. The van der Waals surface area contributed by atoms with Gasteiger partial charge in [0.25, 0.3) is 0 Å². The van der Waals surface area contributed by atoms with Gasteiger partial charge in [-0.05, 0) is 13.0 Å². The number of aliphatic hydroxyl groups is 6. The molecule has 1 aliphatic carbocycles. The maximum atomic E-state index is 11.6. The van der Waals surface area contributed by atoms with Crippen LogP contribution in [-0.4, -0.2) is 97.5 Å². The highest BCUT2D eigenvalue weighted by Gasteiger charge is 2.66. The van der Waals surface area contributed by atoms with E-state index in [1.807, 2.05) is 0 Å². The highest BCUT2D eigenvalue weighted by atomic mass is 16.8. The Labute approximate surface area is 160 Å². The molecule has 0 spiro atoms. The van der Waals surface area contributed by atoms with Crippen LogP contribution in [0.5, 0.6) is 0 Å². The quantitative estimate of drug-likeness (QED) is 0.264. The third-order valence-electron chi connectivity index (χ3n) is 5.60. The normalized spacial score (nSPS) is 50.7. The first-order valence-electron chi connectivity index (χ1n) is 8.92. The fourth-order valence-electron chi connectivity index (χ4n) is 4.25. The van der Waals surface area contributed by atoms with Crippen LogP contribution in [0.2, 0.25) is 0 Å². The van der Waals surface area contributed by atoms with E-state index in [1.165, 1.54) is 19.9 Å². The Morgan fingerprint density at radius 1 is 1.18 bits per heavy atom. The topological polar surface area (TPSA) is 175 Å². The van der Waals surface area contributed by atoms with Crippen molar-refractivity contribution in [3.8, 4) is 0 Å². The molecule has 0 aromatic heterocycles. The molecular weight excluding hydrogens is 380 g/mol. The van der Waals surface area contributed by atoms with Gasteiger partial charge in [-0.2, -0.15) is 0 Å². The number of carbonyl (C=O) groups is 1. The number of carbonyl (C=O) groups excluding carboxylic acids is 1. The fraction of sp³-hybridized carbons (Fsp3) is 0.824. The van der Waals surface area contributed by atoms with E-state index < -0.39 is 72.8 Å². The predicted molar refractivity (Wildman–Crippen MR) is 88.1 cm³/mol. The van der Waals surface area contributed by atoms with E-state index in [0.29, 0.717) is 0 Å². The Morgan fingerprint density at radius 3 is 2.46 bits per heavy atom. The van der Waals surface area contributed by atoms with Gasteiger partial charge in [0.1, 0.15) is 35.6 Å². The average molecular weight is 406 g/mol. The van der Waals surface area contributed by atoms with Gasteiger partial charge in [0, 0.05) is 13.3 Å². The first-order chi connectivity index (χ1) is 13.0. The molecule has 3 aliphatic rings. The Morgan fingerprint density at radius 2 is 1.86 bits per heavy atom. The van der Waals surface area contributed by atoms with Gasteiger partial charge < -0.3 is 49.6 Å². The monoisotopic (exact) mass is 406 g/mol. The second kappa shape index (κ2) is 7.50. The second-order valence-corrected chi connectivity index (χ2v) is 7.63. The predicted octanol–water partition coefficient (Wildman–Crippen LogP) is -2.89. The van der Waals surface area contributed by atoms with Crippen LogP contribution in [0, 0.1) is 5.92 Å². The van der Waals surface area contributed by atoms with Crippen molar-refractivity contribution >= 4 is 5.97 Å². The number of hydrogen-bond donors (Lipinski definition) is 6. The van der Waals surface area contributed by atoms with Crippen molar-refractivity contribution in [3.05, 3.63) is 12.3 Å². The molecule has 0 radical (unpaired) electrons. The molecule has 11 nitrogen and oxygen atoms in total. The Bertz CT molecular complexity index is 624. The summed E-state index contributed by atoms with van der Waals surface area (Å²) in [6.45, 7) is 2.04. The summed E-state index contributed by atoms with van der Waals surface area (Å²) in [6, 6.07) is 0. The van der Waals surface area contributed by atoms with Crippen LogP contribution in [0.25, 0.3) is 0 Å². The molecular formula is C17H26O11. The lowest BCUT2D eigenvalue weighted by Crippen LogP contribution is -2.62. The zero-order valence-electron chi connectivity index (χ0n) is 15.4. The molecule has 2 heterocycles. The van der Waals surface area contributed by atoms with Crippen molar-refractivity contribution < 1.29 is 54.4 Å². The fourth-order valence-corrected chi connectivity index (χ4v) is 4.25. The van der Waals surface area contributed by atoms with Crippen molar-refractivity contribution in [2.75, 3.05) is 6.61 Å². The van der Waals surface area contributed by atoms with Gasteiger partial charge in [0.15, 0.2) is 6.29 Å². The molecule has 2 aliphatic heterocycles. The van der Waals surface area contributed by atoms with E-state index in [-0.39, 0.29) is 6.42 Å². The lowest BCUT2D eigenvalue weighted by molar-refractivity contribution is -0.351. The van der Waals surface area contributed by atoms with Gasteiger partial charge in [-0.1, -0.05) is 0 Å². The summed E-state index contributed by atoms with van der Waals surface area (Å²) in [6.07, 6.45) is -8.06. The highest BCUT2D eigenvalue weighted by Crippen LogP contribution is 2.51. The SMILES string of the molecule is CC(=O)O[C@@]1(C)C[C@H](O)[C@@]2(O)C=CO[C@@H](O[C@@H]3O[C@H](CO)[C@@H](O)[C@H](O)[C@H]3O)C21. The van der Waals surface area contributed by atoms with Crippen molar-refractivity contribution in [3.63, 3.8) is 0 Å². The third-order valence-corrected chi connectivity index (χ3v) is 5.60. The maximum absolute atomic E-state index is 11.6. The molecule has 0 amide bonds. The summed E-state index contributed by atoms with van der Waals surface area (Å²) in [5.41, 5.74) is -3.22. The van der Waals surface area contributed by atoms with Crippen LogP contribution >= 0.6 is 0 Å². The third kappa shape index (κ3) is 3.42. The van der Waals surface area contributed by atoms with Crippen LogP contribution in [0.3, 0.4) is 0 Å². The minimum absolute atomic E-state index is 0.101. The second-order valence-electron chi connectivity index (χ2n) is 7.63. The molecule has 1 saturated heterocycles. The molecule has 3 rings (SSSR count). The van der Waals surface area contributed by atoms with E-state index in [0.717, 1.165) is 6.26 Å². The molecule has 6 N–H and O–H groups in total. The smallest absolute Gasteiger partial charge is 0.303 e. The van der Waals surface area contributed by atoms with Crippen molar-refractivity contribution in [2.24, 2.45) is 5.92 Å². The van der Waals surface area contributed by atoms with Gasteiger partial charge in [0.2, 0.25) is 6.29 Å². The zero-order valence-corrected chi connectivity index (χ0v) is 15.4. The van der Waals surface area contributed by atoms with E-state index in [2.05, 4.69) is 0 Å². The van der Waals surface area contributed by atoms with Crippen molar-refractivity contribution in [1.29, 1.82) is 0 Å². The van der Waals surface area contributed by atoms with E-state index in [9.17, 15) is 35.4 Å². The average Bonchev–Trinajstić information content (AvgIpc) is 2.81. The van der Waals surface area contributed by atoms with Crippen LogP contribution < -0.4 is 0 Å². The zero-order chi connectivity index (χ0) is 20.9. The van der Waals surface area contributed by atoms with Gasteiger partial charge in [-0.15, -0.1) is 0 Å². The Hall–Kier alpha value is -1.31. The molecule has 0 aromatic carbocycles. The van der Waals surface area contributed by atoms with Gasteiger partial charge in [0.05, 0.1) is 24.9 Å². The summed E-state index contributed by atoms with van der Waals surface area (Å²) in [4.78, 5) is 11.6. The van der Waals surface area contributed by atoms with E-state index in [4.69, 9.17) is 18.9 Å². The number of fused-ring (bicyclic) bond motifs is 1. The molecule has 11 heteroatoms. The van der Waals surface area contributed by atoms with E-state index >= 15 is 0 Å². The van der Waals surface area contributed by atoms with E-state index in [1.54, 1.807) is 0 Å². The molecule has 0 aromatic rings. The minimum atomic E-state index is -1.85. The summed E-state index contributed by atoms with van der Waals surface area (Å²) in [7, 11) is 0. The van der Waals surface area contributed by atoms with Gasteiger partial charge in [-0.3, -0.25) is 4.79 Å². The Kier molecular flexibility index (Phi) is 5.73. The Balaban J connectivity index is 1.87. The molecule has 1 saturated carbocycles. The standard InChI is InChI=1S/C17H26O11/c1-7(19)28-16(2)5-9(20)17(24)3-4-25-15(13(16)17)27-14-12(23)11(22)10(21)8(6-18)26-14/h3-4,8-15,18,20-24H,5-6H2,1-2H3/t8-,9+,10-,11+,12-,13?,14+,15+,16+,17+/m1/s1. The number of hydrogen-bond acceptors (Lipinski definition) is 11. The molecule has 2 fully saturated rings. The van der Waals surface area contributed by atoms with Crippen LogP contribution in [0.15, 0.2) is 12.3 Å². The molecule has 160 valence electrons. The van der Waals surface area contributed by atoms with Crippen molar-refractivity contribution in [2.45, 2.75) is 74.6 Å². The van der Waals surface area contributed by atoms with Crippen molar-refractivity contribution in [1.82, 2.24) is 0 Å². The summed E-state index contributed by atoms with van der Waals surface area (Å²) < 4.78 is 21.7. The maximum Gasteiger partial charge on any atom is 0.303 e. The number of aliphatic hydroxyl groups excluding tert-OH is 5. The minimum Gasteiger partial charge on any atom is -0.472 e. The lowest BCUT2D eigenvalue weighted by Gasteiger charge is -2.45.